The van der Waals surface area contributed by atoms with Crippen LogP contribution in [0.5, 0.6) is 0 Å². The standard InChI is InChI=1S/C17H24N2OS/c1-4-14(18)17(15-6-5-11(2)20-15)19-9-7-16-13(12(19)3)8-10-21-16/h5-6,8,10,12,14,17H,4,7,9,18H2,1-3H3. The number of furan rings is 1. The zero-order valence-electron chi connectivity index (χ0n) is 13.0. The smallest absolute Gasteiger partial charge is 0.122 e. The lowest BCUT2D eigenvalue weighted by atomic mass is 9.94. The number of nitrogens with two attached hydrogens (primary N) is 1. The van der Waals surface area contributed by atoms with E-state index >= 15 is 0 Å². The molecule has 0 radical (unpaired) electrons. The van der Waals surface area contributed by atoms with Crippen LogP contribution in [0.25, 0.3) is 0 Å². The Morgan fingerprint density at radius 1 is 1.43 bits per heavy atom. The van der Waals surface area contributed by atoms with E-state index in [9.17, 15) is 0 Å². The molecule has 0 spiro atoms. The van der Waals surface area contributed by atoms with E-state index < -0.39 is 0 Å². The van der Waals surface area contributed by atoms with Crippen LogP contribution in [0.1, 0.15) is 54.3 Å². The van der Waals surface area contributed by atoms with Gasteiger partial charge in [0.1, 0.15) is 11.5 Å². The third-order valence-corrected chi connectivity index (χ3v) is 5.61. The maximum absolute atomic E-state index is 6.45. The van der Waals surface area contributed by atoms with E-state index in [1.807, 2.05) is 24.3 Å². The molecule has 0 saturated heterocycles. The Labute approximate surface area is 130 Å². The quantitative estimate of drug-likeness (QED) is 0.926. The molecule has 2 aromatic heterocycles. The van der Waals surface area contributed by atoms with Crippen LogP contribution >= 0.6 is 11.3 Å². The Bertz CT molecular complexity index is 603. The van der Waals surface area contributed by atoms with E-state index in [0.717, 1.165) is 30.9 Å². The second-order valence-electron chi connectivity index (χ2n) is 5.93. The molecular formula is C17H24N2OS. The molecule has 0 amide bonds. The van der Waals surface area contributed by atoms with Crippen molar-refractivity contribution >= 4 is 11.3 Å². The van der Waals surface area contributed by atoms with Gasteiger partial charge in [0.2, 0.25) is 0 Å². The molecule has 3 nitrogen and oxygen atoms in total. The zero-order chi connectivity index (χ0) is 15.0. The highest BCUT2D eigenvalue weighted by atomic mass is 32.1. The van der Waals surface area contributed by atoms with Gasteiger partial charge in [-0.2, -0.15) is 0 Å². The largest absolute Gasteiger partial charge is 0.465 e. The molecule has 1 aliphatic rings. The number of nitrogens with zero attached hydrogens (tertiary/aromatic N) is 1. The molecule has 1 aliphatic heterocycles. The molecule has 2 aromatic rings. The van der Waals surface area contributed by atoms with Crippen LogP contribution in [0.2, 0.25) is 0 Å². The highest BCUT2D eigenvalue weighted by Gasteiger charge is 2.35. The van der Waals surface area contributed by atoms with Gasteiger partial charge in [-0.3, -0.25) is 4.90 Å². The van der Waals surface area contributed by atoms with Gasteiger partial charge in [0.25, 0.3) is 0 Å². The molecule has 3 atom stereocenters. The van der Waals surface area contributed by atoms with E-state index in [0.29, 0.717) is 6.04 Å². The number of hydrogen-bond donors (Lipinski definition) is 1. The lowest BCUT2D eigenvalue weighted by Crippen LogP contribution is -2.44. The predicted molar refractivity (Wildman–Crippen MR) is 87.6 cm³/mol. The molecule has 3 heterocycles. The molecule has 3 rings (SSSR count). The lowest BCUT2D eigenvalue weighted by Gasteiger charge is -2.41. The summed E-state index contributed by atoms with van der Waals surface area (Å²) in [5.41, 5.74) is 7.91. The fourth-order valence-corrected chi connectivity index (χ4v) is 4.33. The summed E-state index contributed by atoms with van der Waals surface area (Å²) >= 11 is 1.88. The molecule has 3 unspecified atom stereocenters. The first kappa shape index (κ1) is 14.8. The molecular weight excluding hydrogens is 280 g/mol. The predicted octanol–water partition coefficient (Wildman–Crippen LogP) is 4.05. The summed E-state index contributed by atoms with van der Waals surface area (Å²) in [7, 11) is 0. The van der Waals surface area contributed by atoms with Crippen molar-refractivity contribution in [3.8, 4) is 0 Å². The molecule has 114 valence electrons. The molecule has 0 saturated carbocycles. The fourth-order valence-electron chi connectivity index (χ4n) is 3.36. The van der Waals surface area contributed by atoms with Crippen molar-refractivity contribution in [3.05, 3.63) is 45.5 Å². The van der Waals surface area contributed by atoms with Gasteiger partial charge in [0.15, 0.2) is 0 Å². The third-order valence-electron chi connectivity index (χ3n) is 4.61. The first-order valence-corrected chi connectivity index (χ1v) is 8.63. The lowest BCUT2D eigenvalue weighted by molar-refractivity contribution is 0.0970. The summed E-state index contributed by atoms with van der Waals surface area (Å²) in [6, 6.07) is 7.04. The van der Waals surface area contributed by atoms with Crippen molar-refractivity contribution in [1.82, 2.24) is 4.90 Å². The fraction of sp³-hybridized carbons (Fsp3) is 0.529. The number of fused-ring (bicyclic) bond motifs is 1. The van der Waals surface area contributed by atoms with Crippen molar-refractivity contribution < 1.29 is 4.42 Å². The van der Waals surface area contributed by atoms with E-state index in [2.05, 4.69) is 36.3 Å². The molecule has 4 heteroatoms. The van der Waals surface area contributed by atoms with Gasteiger partial charge in [-0.1, -0.05) is 6.92 Å². The minimum atomic E-state index is 0.0955. The van der Waals surface area contributed by atoms with Crippen LogP contribution < -0.4 is 5.73 Å². The SMILES string of the molecule is CCC(N)C(c1ccc(C)o1)N1CCc2sccc2C1C. The Morgan fingerprint density at radius 2 is 2.24 bits per heavy atom. The Kier molecular flexibility index (Phi) is 4.20. The van der Waals surface area contributed by atoms with Crippen molar-refractivity contribution in [3.63, 3.8) is 0 Å². The molecule has 2 N–H and O–H groups in total. The van der Waals surface area contributed by atoms with Gasteiger partial charge in [-0.25, -0.2) is 0 Å². The molecule has 0 aromatic carbocycles. The molecule has 0 bridgehead atoms. The third kappa shape index (κ3) is 2.68. The highest BCUT2D eigenvalue weighted by molar-refractivity contribution is 7.10. The summed E-state index contributed by atoms with van der Waals surface area (Å²) in [6.07, 6.45) is 2.06. The van der Waals surface area contributed by atoms with Gasteiger partial charge in [-0.05, 0) is 55.8 Å². The molecule has 0 fully saturated rings. The van der Waals surface area contributed by atoms with E-state index in [1.165, 1.54) is 10.4 Å². The second-order valence-corrected chi connectivity index (χ2v) is 6.93. The van der Waals surface area contributed by atoms with Gasteiger partial charge in [0.05, 0.1) is 6.04 Å². The first-order chi connectivity index (χ1) is 10.1. The highest BCUT2D eigenvalue weighted by Crippen LogP contribution is 2.39. The maximum Gasteiger partial charge on any atom is 0.122 e. The van der Waals surface area contributed by atoms with E-state index in [1.54, 1.807) is 0 Å². The Morgan fingerprint density at radius 3 is 2.90 bits per heavy atom. The number of aryl methyl sites for hydroxylation is 1. The van der Waals surface area contributed by atoms with Crippen molar-refractivity contribution in [1.29, 1.82) is 0 Å². The average molecular weight is 304 g/mol. The number of rotatable bonds is 4. The topological polar surface area (TPSA) is 42.4 Å². The Balaban J connectivity index is 1.94. The zero-order valence-corrected chi connectivity index (χ0v) is 13.8. The average Bonchev–Trinajstić information content (AvgIpc) is 3.10. The van der Waals surface area contributed by atoms with Crippen LogP contribution in [0.15, 0.2) is 28.0 Å². The summed E-state index contributed by atoms with van der Waals surface area (Å²) in [5.74, 6) is 1.96. The minimum Gasteiger partial charge on any atom is -0.465 e. The second kappa shape index (κ2) is 5.95. The summed E-state index contributed by atoms with van der Waals surface area (Å²) < 4.78 is 5.92. The molecule has 0 aliphatic carbocycles. The minimum absolute atomic E-state index is 0.0955. The number of thiophene rings is 1. The monoisotopic (exact) mass is 304 g/mol. The first-order valence-electron chi connectivity index (χ1n) is 7.75. The number of hydrogen-bond acceptors (Lipinski definition) is 4. The van der Waals surface area contributed by atoms with Gasteiger partial charge < -0.3 is 10.2 Å². The summed E-state index contributed by atoms with van der Waals surface area (Å²) in [6.45, 7) is 7.48. The van der Waals surface area contributed by atoms with Crippen LogP contribution in [-0.4, -0.2) is 17.5 Å². The van der Waals surface area contributed by atoms with E-state index in [-0.39, 0.29) is 12.1 Å². The van der Waals surface area contributed by atoms with Gasteiger partial charge >= 0.3 is 0 Å². The summed E-state index contributed by atoms with van der Waals surface area (Å²) in [4.78, 5) is 4.04. The Hall–Kier alpha value is -1.10. The summed E-state index contributed by atoms with van der Waals surface area (Å²) in [5, 5.41) is 2.20. The van der Waals surface area contributed by atoms with E-state index in [4.69, 9.17) is 10.2 Å². The van der Waals surface area contributed by atoms with Crippen LogP contribution in [-0.2, 0) is 6.42 Å². The maximum atomic E-state index is 6.45. The van der Waals surface area contributed by atoms with Crippen LogP contribution in [0.4, 0.5) is 0 Å². The van der Waals surface area contributed by atoms with Crippen LogP contribution in [0, 0.1) is 6.92 Å². The van der Waals surface area contributed by atoms with Gasteiger partial charge in [-0.15, -0.1) is 11.3 Å². The van der Waals surface area contributed by atoms with Crippen LogP contribution in [0.3, 0.4) is 0 Å². The van der Waals surface area contributed by atoms with Crippen molar-refractivity contribution in [2.24, 2.45) is 5.73 Å². The normalized spacial score (nSPS) is 22.0. The van der Waals surface area contributed by atoms with Crippen molar-refractivity contribution in [2.75, 3.05) is 6.54 Å². The molecule has 21 heavy (non-hydrogen) atoms. The van der Waals surface area contributed by atoms with Gasteiger partial charge in [0, 0.05) is 23.5 Å². The van der Waals surface area contributed by atoms with Crippen molar-refractivity contribution in [2.45, 2.75) is 51.7 Å².